The molecule has 3 rings (SSSR count). The second kappa shape index (κ2) is 10.9. The van der Waals surface area contributed by atoms with Gasteiger partial charge in [-0.1, -0.05) is 31.2 Å². The first-order valence-corrected chi connectivity index (χ1v) is 10.4. The third kappa shape index (κ3) is 5.90. The Morgan fingerprint density at radius 1 is 1.17 bits per heavy atom. The van der Waals surface area contributed by atoms with Crippen molar-refractivity contribution in [2.24, 2.45) is 0 Å². The molecule has 0 atom stereocenters. The van der Waals surface area contributed by atoms with E-state index >= 15 is 0 Å². The zero-order valence-corrected chi connectivity index (χ0v) is 18.1. The number of fused-ring (bicyclic) bond motifs is 1. The maximum absolute atomic E-state index is 12.4. The van der Waals surface area contributed by atoms with Crippen LogP contribution in [0.25, 0.3) is 11.2 Å². The summed E-state index contributed by atoms with van der Waals surface area (Å²) in [6, 6.07) is 8.64. The lowest BCUT2D eigenvalue weighted by Gasteiger charge is -2.15. The summed E-state index contributed by atoms with van der Waals surface area (Å²) < 4.78 is 12.3. The number of hydrogen-bond acceptors (Lipinski definition) is 6. The van der Waals surface area contributed by atoms with E-state index in [1.807, 2.05) is 0 Å². The number of unbranched alkanes of at least 4 members (excludes halogenated alkanes) is 1. The molecule has 164 valence electrons. The molecule has 0 bridgehead atoms. The number of ether oxygens (including phenoxy) is 2. The molecule has 0 unspecified atom stereocenters. The second-order valence-corrected chi connectivity index (χ2v) is 7.51. The molecule has 0 aliphatic carbocycles. The number of H-pyrrole nitrogens is 1. The lowest BCUT2D eigenvalue weighted by molar-refractivity contribution is 0.182. The Bertz CT molecular complexity index is 987. The van der Waals surface area contributed by atoms with Gasteiger partial charge in [-0.3, -0.25) is 4.57 Å². The number of hydrogen-bond donors (Lipinski definition) is 1. The average Bonchev–Trinajstić information content (AvgIpc) is 3.04. The second-order valence-electron chi connectivity index (χ2n) is 7.51. The van der Waals surface area contributed by atoms with Crippen LogP contribution in [0, 0.1) is 0 Å². The molecule has 0 amide bonds. The Balaban J connectivity index is 0.00000341. The number of aromatic amines is 1. The Morgan fingerprint density at radius 2 is 1.90 bits per heavy atom. The van der Waals surface area contributed by atoms with E-state index in [-0.39, 0.29) is 13.1 Å². The number of nitrogens with one attached hydrogen (secondary N) is 1. The van der Waals surface area contributed by atoms with Gasteiger partial charge in [0.15, 0.2) is 5.65 Å². The van der Waals surface area contributed by atoms with E-state index in [4.69, 9.17) is 9.47 Å². The van der Waals surface area contributed by atoms with Gasteiger partial charge in [0.25, 0.3) is 0 Å². The van der Waals surface area contributed by atoms with Crippen molar-refractivity contribution >= 4 is 11.2 Å². The molecule has 0 spiro atoms. The molecule has 3 aromatic rings. The Morgan fingerprint density at radius 3 is 2.63 bits per heavy atom. The summed E-state index contributed by atoms with van der Waals surface area (Å²) in [5.41, 5.74) is 3.24. The van der Waals surface area contributed by atoms with Crippen molar-refractivity contribution in [1.29, 1.82) is 0 Å². The molecule has 0 saturated heterocycles. The summed E-state index contributed by atoms with van der Waals surface area (Å²) in [4.78, 5) is 26.2. The van der Waals surface area contributed by atoms with Crippen LogP contribution in [0.2, 0.25) is 0 Å². The van der Waals surface area contributed by atoms with Crippen molar-refractivity contribution in [2.45, 2.75) is 39.3 Å². The van der Waals surface area contributed by atoms with Crippen LogP contribution in [-0.4, -0.2) is 58.3 Å². The minimum atomic E-state index is -0.205. The van der Waals surface area contributed by atoms with E-state index in [9.17, 15) is 4.79 Å². The fourth-order valence-corrected chi connectivity index (χ4v) is 3.36. The molecule has 0 aliphatic heterocycles. The van der Waals surface area contributed by atoms with Gasteiger partial charge in [0.1, 0.15) is 5.52 Å². The molecule has 0 aliphatic rings. The predicted molar refractivity (Wildman–Crippen MR) is 119 cm³/mol. The van der Waals surface area contributed by atoms with Gasteiger partial charge in [-0.25, -0.2) is 9.78 Å². The van der Waals surface area contributed by atoms with Crippen LogP contribution in [0.3, 0.4) is 0 Å². The SMILES string of the molecule is CCCN(C)Cc1ccc(Cn2c(=O)[nH]c3cnc(OCCCCOC)nc32)cc1.[HH]. The van der Waals surface area contributed by atoms with Crippen LogP contribution in [0.5, 0.6) is 6.01 Å². The fraction of sp³-hybridized carbons (Fsp3) is 0.500. The highest BCUT2D eigenvalue weighted by molar-refractivity contribution is 5.69. The summed E-state index contributed by atoms with van der Waals surface area (Å²) in [6.45, 7) is 5.82. The van der Waals surface area contributed by atoms with Crippen LogP contribution < -0.4 is 10.4 Å². The van der Waals surface area contributed by atoms with Crippen molar-refractivity contribution in [3.8, 4) is 6.01 Å². The number of imidazole rings is 1. The normalized spacial score (nSPS) is 11.5. The quantitative estimate of drug-likeness (QED) is 0.458. The van der Waals surface area contributed by atoms with Gasteiger partial charge in [-0.15, -0.1) is 0 Å². The van der Waals surface area contributed by atoms with Gasteiger partial charge >= 0.3 is 11.7 Å². The molecular formula is C22H33N5O3. The standard InChI is InChI=1S/C22H31N5O3.H2/c1-4-11-26(2)15-17-7-9-18(10-8-17)16-27-20-19(24-22(27)28)14-23-21(25-20)30-13-6-5-12-29-3;/h7-10,14H,4-6,11-13,15-16H2,1-3H3,(H,24,28);1H. The Hall–Kier alpha value is -2.71. The van der Waals surface area contributed by atoms with Crippen molar-refractivity contribution in [1.82, 2.24) is 24.4 Å². The highest BCUT2D eigenvalue weighted by Gasteiger charge is 2.11. The van der Waals surface area contributed by atoms with Crippen LogP contribution >= 0.6 is 0 Å². The number of rotatable bonds is 12. The first kappa shape index (κ1) is 22.0. The van der Waals surface area contributed by atoms with Crippen molar-refractivity contribution in [2.75, 3.05) is 33.9 Å². The Kier molecular flexibility index (Phi) is 7.98. The molecule has 0 saturated carbocycles. The van der Waals surface area contributed by atoms with E-state index in [1.54, 1.807) is 17.9 Å². The highest BCUT2D eigenvalue weighted by atomic mass is 16.5. The van der Waals surface area contributed by atoms with Crippen LogP contribution in [0.4, 0.5) is 0 Å². The zero-order valence-electron chi connectivity index (χ0n) is 18.1. The molecule has 8 nitrogen and oxygen atoms in total. The number of nitrogens with zero attached hydrogens (tertiary/aromatic N) is 4. The maximum atomic E-state index is 12.4. The van der Waals surface area contributed by atoms with E-state index in [2.05, 4.69) is 58.1 Å². The third-order valence-electron chi connectivity index (χ3n) is 4.88. The highest BCUT2D eigenvalue weighted by Crippen LogP contribution is 2.14. The van der Waals surface area contributed by atoms with Gasteiger partial charge < -0.3 is 19.4 Å². The fourth-order valence-electron chi connectivity index (χ4n) is 3.36. The summed E-state index contributed by atoms with van der Waals surface area (Å²) in [5, 5.41) is 0. The number of benzene rings is 1. The summed E-state index contributed by atoms with van der Waals surface area (Å²) in [7, 11) is 3.81. The van der Waals surface area contributed by atoms with Crippen molar-refractivity contribution in [3.05, 3.63) is 52.1 Å². The first-order valence-electron chi connectivity index (χ1n) is 10.4. The summed E-state index contributed by atoms with van der Waals surface area (Å²) in [5.74, 6) is 0. The van der Waals surface area contributed by atoms with Crippen LogP contribution in [0.15, 0.2) is 35.3 Å². The van der Waals surface area contributed by atoms with Gasteiger partial charge in [-0.2, -0.15) is 4.98 Å². The Labute approximate surface area is 178 Å². The van der Waals surface area contributed by atoms with Gasteiger partial charge in [0, 0.05) is 21.7 Å². The molecule has 8 heteroatoms. The minimum absolute atomic E-state index is 0. The minimum Gasteiger partial charge on any atom is -0.463 e. The number of aromatic nitrogens is 4. The smallest absolute Gasteiger partial charge is 0.328 e. The topological polar surface area (TPSA) is 85.3 Å². The van der Waals surface area contributed by atoms with Crippen molar-refractivity contribution in [3.63, 3.8) is 0 Å². The van der Waals surface area contributed by atoms with E-state index in [0.717, 1.165) is 37.9 Å². The third-order valence-corrected chi connectivity index (χ3v) is 4.88. The molecule has 2 heterocycles. The maximum Gasteiger partial charge on any atom is 0.328 e. The zero-order chi connectivity index (χ0) is 21.3. The van der Waals surface area contributed by atoms with Gasteiger partial charge in [-0.05, 0) is 44.0 Å². The molecular weight excluding hydrogens is 382 g/mol. The molecule has 0 radical (unpaired) electrons. The monoisotopic (exact) mass is 415 g/mol. The van der Waals surface area contributed by atoms with E-state index in [1.165, 1.54) is 5.56 Å². The van der Waals surface area contributed by atoms with Crippen molar-refractivity contribution < 1.29 is 10.9 Å². The molecule has 30 heavy (non-hydrogen) atoms. The molecule has 1 N–H and O–H groups in total. The summed E-state index contributed by atoms with van der Waals surface area (Å²) >= 11 is 0. The van der Waals surface area contributed by atoms with Gasteiger partial charge in [0.2, 0.25) is 0 Å². The predicted octanol–water partition coefficient (Wildman–Crippen LogP) is 3.06. The van der Waals surface area contributed by atoms with Gasteiger partial charge in [0.05, 0.1) is 19.3 Å². The molecule has 2 aromatic heterocycles. The van der Waals surface area contributed by atoms with E-state index < -0.39 is 0 Å². The van der Waals surface area contributed by atoms with Crippen LogP contribution in [-0.2, 0) is 17.8 Å². The molecule has 0 fully saturated rings. The first-order chi connectivity index (χ1) is 14.6. The summed E-state index contributed by atoms with van der Waals surface area (Å²) in [6.07, 6.45) is 4.50. The van der Waals surface area contributed by atoms with E-state index in [0.29, 0.717) is 30.9 Å². The average molecular weight is 416 g/mol. The lowest BCUT2D eigenvalue weighted by Crippen LogP contribution is -2.19. The lowest BCUT2D eigenvalue weighted by atomic mass is 10.1. The molecule has 1 aromatic carbocycles. The number of methoxy groups -OCH3 is 1. The van der Waals surface area contributed by atoms with Crippen LogP contribution in [0.1, 0.15) is 38.7 Å². The largest absolute Gasteiger partial charge is 0.463 e.